The Morgan fingerprint density at radius 2 is 1.93 bits per heavy atom. The monoisotopic (exact) mass is 395 g/mol. The summed E-state index contributed by atoms with van der Waals surface area (Å²) in [7, 11) is 0. The highest BCUT2D eigenvalue weighted by molar-refractivity contribution is 6.31. The number of furan rings is 1. The van der Waals surface area contributed by atoms with Crippen LogP contribution in [0.5, 0.6) is 5.75 Å². The van der Waals surface area contributed by atoms with Gasteiger partial charge in [0, 0.05) is 18.1 Å². The van der Waals surface area contributed by atoms with Crippen molar-refractivity contribution in [1.29, 1.82) is 0 Å². The molecule has 0 aliphatic heterocycles. The number of amides is 1. The lowest BCUT2D eigenvalue weighted by Gasteiger charge is -2.16. The van der Waals surface area contributed by atoms with Gasteiger partial charge in [-0.2, -0.15) is 18.7 Å². The highest BCUT2D eigenvalue weighted by Gasteiger charge is 2.34. The molecule has 1 amide bonds. The fraction of sp³-hybridized carbons (Fsp3) is 0.105. The number of hydrogen-bond acceptors (Lipinski definition) is 3. The van der Waals surface area contributed by atoms with Crippen LogP contribution in [0.4, 0.5) is 13.2 Å². The zero-order valence-corrected chi connectivity index (χ0v) is 14.7. The van der Waals surface area contributed by atoms with Crippen molar-refractivity contribution in [3.05, 3.63) is 65.4 Å². The zero-order chi connectivity index (χ0) is 19.6. The number of hydrogen-bond donors (Lipinski definition) is 1. The van der Waals surface area contributed by atoms with Gasteiger partial charge in [-0.3, -0.25) is 4.79 Å². The van der Waals surface area contributed by atoms with Crippen LogP contribution in [0, 0.1) is 0 Å². The van der Waals surface area contributed by atoms with E-state index in [-0.39, 0.29) is 11.3 Å². The Hall–Kier alpha value is -2.93. The van der Waals surface area contributed by atoms with Crippen LogP contribution >= 0.6 is 11.6 Å². The number of alkyl halides is 3. The maximum Gasteiger partial charge on any atom is 0.417 e. The van der Waals surface area contributed by atoms with Gasteiger partial charge in [-0.1, -0.05) is 29.8 Å². The second kappa shape index (κ2) is 7.36. The Kier molecular flexibility index (Phi) is 5.14. The molecule has 3 aromatic rings. The summed E-state index contributed by atoms with van der Waals surface area (Å²) in [5, 5.41) is -0.411. The second-order valence-corrected chi connectivity index (χ2v) is 6.02. The maximum atomic E-state index is 13.3. The molecule has 0 aliphatic carbocycles. The van der Waals surface area contributed by atoms with Gasteiger partial charge in [0.05, 0.1) is 16.8 Å². The summed E-state index contributed by atoms with van der Waals surface area (Å²) in [4.78, 5) is 16.5. The first-order valence-corrected chi connectivity index (χ1v) is 8.12. The minimum atomic E-state index is -4.62. The summed E-state index contributed by atoms with van der Waals surface area (Å²) in [5.74, 6) is 0.132. The molecule has 1 N–H and O–H groups in total. The van der Waals surface area contributed by atoms with Crippen molar-refractivity contribution < 1.29 is 27.2 Å². The average molecular weight is 396 g/mol. The lowest BCUT2D eigenvalue weighted by molar-refractivity contribution is -0.137. The van der Waals surface area contributed by atoms with E-state index < -0.39 is 22.7 Å². The molecule has 27 heavy (non-hydrogen) atoms. The van der Waals surface area contributed by atoms with Gasteiger partial charge in [0.2, 0.25) is 5.91 Å². The SMILES string of the molecule is CC(=O)NOc1cccc(-c2ccco2)c1-c1ccc(Cl)c(C(F)(F)F)c1. The van der Waals surface area contributed by atoms with Crippen molar-refractivity contribution in [3.8, 4) is 28.2 Å². The predicted octanol–water partition coefficient (Wildman–Crippen LogP) is 5.72. The van der Waals surface area contributed by atoms with Crippen molar-refractivity contribution in [2.24, 2.45) is 0 Å². The smallest absolute Gasteiger partial charge is 0.417 e. The Labute approximate surface area is 157 Å². The van der Waals surface area contributed by atoms with Gasteiger partial charge in [-0.15, -0.1) is 0 Å². The summed E-state index contributed by atoms with van der Waals surface area (Å²) in [6.07, 6.45) is -3.17. The number of hydroxylamine groups is 1. The van der Waals surface area contributed by atoms with Crippen molar-refractivity contribution in [3.63, 3.8) is 0 Å². The van der Waals surface area contributed by atoms with Crippen LogP contribution in [0.15, 0.2) is 59.2 Å². The number of rotatable bonds is 4. The van der Waals surface area contributed by atoms with Crippen molar-refractivity contribution in [2.75, 3.05) is 0 Å². The lowest BCUT2D eigenvalue weighted by Crippen LogP contribution is -2.24. The number of nitrogens with one attached hydrogen (secondary N) is 1. The van der Waals surface area contributed by atoms with E-state index in [1.807, 2.05) is 0 Å². The molecule has 0 aliphatic rings. The molecule has 1 aromatic heterocycles. The van der Waals surface area contributed by atoms with Crippen LogP contribution in [-0.4, -0.2) is 5.91 Å². The molecule has 0 atom stereocenters. The minimum absolute atomic E-state index is 0.162. The molecule has 0 bridgehead atoms. The van der Waals surface area contributed by atoms with Crippen LogP contribution < -0.4 is 10.3 Å². The molecule has 2 aromatic carbocycles. The molecule has 0 fully saturated rings. The molecule has 1 heterocycles. The van der Waals surface area contributed by atoms with Crippen molar-refractivity contribution in [2.45, 2.75) is 13.1 Å². The molecule has 140 valence electrons. The van der Waals surface area contributed by atoms with E-state index in [2.05, 4.69) is 5.48 Å². The first kappa shape index (κ1) is 18.8. The van der Waals surface area contributed by atoms with E-state index in [1.54, 1.807) is 24.3 Å². The number of benzene rings is 2. The first-order chi connectivity index (χ1) is 12.8. The largest absolute Gasteiger partial charge is 0.464 e. The van der Waals surface area contributed by atoms with E-state index in [4.69, 9.17) is 20.9 Å². The minimum Gasteiger partial charge on any atom is -0.464 e. The number of halogens is 4. The first-order valence-electron chi connectivity index (χ1n) is 7.75. The maximum absolute atomic E-state index is 13.3. The molecular weight excluding hydrogens is 383 g/mol. The number of carbonyl (C=O) groups excluding carboxylic acids is 1. The molecule has 0 spiro atoms. The van der Waals surface area contributed by atoms with E-state index >= 15 is 0 Å². The summed E-state index contributed by atoms with van der Waals surface area (Å²) in [5.41, 5.74) is 2.24. The highest BCUT2D eigenvalue weighted by Crippen LogP contribution is 2.43. The van der Waals surface area contributed by atoms with Gasteiger partial charge < -0.3 is 9.25 Å². The third kappa shape index (κ3) is 4.09. The molecule has 0 saturated heterocycles. The van der Waals surface area contributed by atoms with Crippen LogP contribution in [0.25, 0.3) is 22.5 Å². The van der Waals surface area contributed by atoms with Crippen molar-refractivity contribution in [1.82, 2.24) is 5.48 Å². The van der Waals surface area contributed by atoms with Crippen molar-refractivity contribution >= 4 is 17.5 Å². The Bertz CT molecular complexity index is 969. The van der Waals surface area contributed by atoms with Crippen LogP contribution in [0.2, 0.25) is 5.02 Å². The molecule has 8 heteroatoms. The Morgan fingerprint density at radius 1 is 1.15 bits per heavy atom. The topological polar surface area (TPSA) is 51.5 Å². The highest BCUT2D eigenvalue weighted by atomic mass is 35.5. The number of carbonyl (C=O) groups is 1. The third-order valence-electron chi connectivity index (χ3n) is 3.68. The van der Waals surface area contributed by atoms with E-state index in [1.165, 1.54) is 31.4 Å². The third-order valence-corrected chi connectivity index (χ3v) is 4.01. The Balaban J connectivity index is 2.22. The molecule has 0 saturated carbocycles. The summed E-state index contributed by atoms with van der Waals surface area (Å²) in [6.45, 7) is 1.25. The molecule has 0 unspecified atom stereocenters. The van der Waals surface area contributed by atoms with Gasteiger partial charge in [0.15, 0.2) is 5.75 Å². The van der Waals surface area contributed by atoms with Gasteiger partial charge in [0.25, 0.3) is 0 Å². The van der Waals surface area contributed by atoms with E-state index in [0.29, 0.717) is 16.9 Å². The average Bonchev–Trinajstić information content (AvgIpc) is 3.13. The summed E-state index contributed by atoms with van der Waals surface area (Å²) < 4.78 is 45.2. The van der Waals surface area contributed by atoms with Crippen LogP contribution in [0.3, 0.4) is 0 Å². The summed E-state index contributed by atoms with van der Waals surface area (Å²) in [6, 6.07) is 11.7. The van der Waals surface area contributed by atoms with Gasteiger partial charge in [-0.25, -0.2) is 0 Å². The second-order valence-electron chi connectivity index (χ2n) is 5.61. The Morgan fingerprint density at radius 3 is 2.56 bits per heavy atom. The van der Waals surface area contributed by atoms with Gasteiger partial charge in [0.1, 0.15) is 5.76 Å². The lowest BCUT2D eigenvalue weighted by atomic mass is 9.95. The molecule has 3 rings (SSSR count). The zero-order valence-electron chi connectivity index (χ0n) is 13.9. The normalized spacial score (nSPS) is 11.3. The van der Waals surface area contributed by atoms with Crippen LogP contribution in [-0.2, 0) is 11.0 Å². The van der Waals surface area contributed by atoms with E-state index in [9.17, 15) is 18.0 Å². The van der Waals surface area contributed by atoms with Crippen LogP contribution in [0.1, 0.15) is 12.5 Å². The molecule has 0 radical (unpaired) electrons. The van der Waals surface area contributed by atoms with Gasteiger partial charge in [-0.05, 0) is 35.9 Å². The predicted molar refractivity (Wildman–Crippen MR) is 94.0 cm³/mol. The standard InChI is InChI=1S/C19H13ClF3NO3/c1-11(25)24-27-17-5-2-4-13(16-6-3-9-26-16)18(17)12-7-8-15(20)14(10-12)19(21,22)23/h2-10H,1H3,(H,24,25). The molecule has 4 nitrogen and oxygen atoms in total. The fourth-order valence-corrected chi connectivity index (χ4v) is 2.80. The van der Waals surface area contributed by atoms with Gasteiger partial charge >= 0.3 is 6.18 Å². The fourth-order valence-electron chi connectivity index (χ4n) is 2.58. The van der Waals surface area contributed by atoms with E-state index in [0.717, 1.165) is 6.07 Å². The quantitative estimate of drug-likeness (QED) is 0.575. The molecular formula is C19H13ClF3NO3. The summed E-state index contributed by atoms with van der Waals surface area (Å²) >= 11 is 5.72.